The third kappa shape index (κ3) is 3.66. The Labute approximate surface area is 194 Å². The highest BCUT2D eigenvalue weighted by Crippen LogP contribution is 2.37. The number of anilines is 2. The SMILES string of the molecule is CC[C@](C)(C(=O)Nc1cnn2ccc(N3CCCC3c3cc(F)ccc3F)nc12)n1cncn1. The molecule has 1 amide bonds. The molecule has 0 spiro atoms. The van der Waals surface area contributed by atoms with Crippen LogP contribution in [-0.4, -0.2) is 41.8 Å². The fourth-order valence-corrected chi connectivity index (χ4v) is 4.39. The summed E-state index contributed by atoms with van der Waals surface area (Å²) in [5.41, 5.74) is 0.262. The van der Waals surface area contributed by atoms with Gasteiger partial charge in [0.1, 0.15) is 41.3 Å². The lowest BCUT2D eigenvalue weighted by atomic mass is 9.98. The van der Waals surface area contributed by atoms with Crippen LogP contribution in [0.15, 0.2) is 49.3 Å². The summed E-state index contributed by atoms with van der Waals surface area (Å²) in [7, 11) is 0. The van der Waals surface area contributed by atoms with Crippen LogP contribution in [0.1, 0.15) is 44.7 Å². The van der Waals surface area contributed by atoms with Crippen molar-refractivity contribution in [3.05, 3.63) is 66.5 Å². The predicted molar refractivity (Wildman–Crippen MR) is 121 cm³/mol. The molecular formula is C23H24F2N8O. The maximum Gasteiger partial charge on any atom is 0.252 e. The Morgan fingerprint density at radius 1 is 1.26 bits per heavy atom. The number of carbonyl (C=O) groups excluding carboxylic acids is 1. The minimum atomic E-state index is -0.947. The number of halogens is 2. The summed E-state index contributed by atoms with van der Waals surface area (Å²) in [4.78, 5) is 23.8. The van der Waals surface area contributed by atoms with Gasteiger partial charge in [-0.1, -0.05) is 6.92 Å². The fourth-order valence-electron chi connectivity index (χ4n) is 4.39. The molecule has 0 bridgehead atoms. The van der Waals surface area contributed by atoms with Crippen molar-refractivity contribution in [2.24, 2.45) is 0 Å². The van der Waals surface area contributed by atoms with Gasteiger partial charge in [0.05, 0.1) is 12.2 Å². The van der Waals surface area contributed by atoms with E-state index in [1.807, 2.05) is 11.8 Å². The molecule has 11 heteroatoms. The van der Waals surface area contributed by atoms with Gasteiger partial charge in [-0.05, 0) is 50.5 Å². The Balaban J connectivity index is 1.46. The smallest absolute Gasteiger partial charge is 0.252 e. The van der Waals surface area contributed by atoms with Crippen LogP contribution in [0.3, 0.4) is 0 Å². The minimum Gasteiger partial charge on any atom is -0.349 e. The number of benzene rings is 1. The van der Waals surface area contributed by atoms with E-state index in [1.54, 1.807) is 23.7 Å². The molecule has 1 aliphatic rings. The molecule has 1 N–H and O–H groups in total. The van der Waals surface area contributed by atoms with Gasteiger partial charge in [-0.25, -0.2) is 27.9 Å². The molecule has 1 unspecified atom stereocenters. The summed E-state index contributed by atoms with van der Waals surface area (Å²) in [6.07, 6.45) is 8.17. The Kier molecular flexibility index (Phi) is 5.46. The Hall–Kier alpha value is -3.89. The zero-order chi connectivity index (χ0) is 23.9. The molecule has 1 aliphatic heterocycles. The van der Waals surface area contributed by atoms with Gasteiger partial charge >= 0.3 is 0 Å². The van der Waals surface area contributed by atoms with Gasteiger partial charge in [-0.15, -0.1) is 0 Å². The van der Waals surface area contributed by atoms with E-state index in [0.717, 1.165) is 18.6 Å². The first-order valence-electron chi connectivity index (χ1n) is 11.1. The quantitative estimate of drug-likeness (QED) is 0.466. The molecule has 1 saturated heterocycles. The standard InChI is InChI=1S/C23H24F2N8O/c1-3-23(2,33-14-26-13-28-33)22(34)29-18-12-27-32-10-8-20(30-21(18)32)31-9-4-5-19(31)16-11-15(24)6-7-17(16)25/h6-8,10-14,19H,3-5,9H2,1-2H3,(H,29,34)/t19?,23-/m1/s1. The molecule has 1 fully saturated rings. The van der Waals surface area contributed by atoms with Crippen molar-refractivity contribution >= 4 is 23.1 Å². The fraction of sp³-hybridized carbons (Fsp3) is 0.348. The third-order valence-electron chi connectivity index (χ3n) is 6.57. The Morgan fingerprint density at radius 2 is 2.12 bits per heavy atom. The number of nitrogens with zero attached hydrogens (tertiary/aromatic N) is 7. The number of hydrogen-bond acceptors (Lipinski definition) is 6. The molecule has 0 aliphatic carbocycles. The average molecular weight is 466 g/mol. The van der Waals surface area contributed by atoms with E-state index < -0.39 is 17.2 Å². The van der Waals surface area contributed by atoms with Crippen molar-refractivity contribution in [1.82, 2.24) is 29.4 Å². The number of nitrogens with one attached hydrogen (secondary N) is 1. The first kappa shape index (κ1) is 21.9. The van der Waals surface area contributed by atoms with Crippen LogP contribution in [0.4, 0.5) is 20.3 Å². The molecule has 5 rings (SSSR count). The predicted octanol–water partition coefficient (Wildman–Crippen LogP) is 3.70. The molecule has 34 heavy (non-hydrogen) atoms. The van der Waals surface area contributed by atoms with Gasteiger partial charge in [-0.2, -0.15) is 10.2 Å². The second-order valence-corrected chi connectivity index (χ2v) is 8.55. The largest absolute Gasteiger partial charge is 0.349 e. The number of fused-ring (bicyclic) bond motifs is 1. The van der Waals surface area contributed by atoms with Crippen LogP contribution < -0.4 is 10.2 Å². The van der Waals surface area contributed by atoms with E-state index in [9.17, 15) is 13.6 Å². The summed E-state index contributed by atoms with van der Waals surface area (Å²) in [5.74, 6) is -0.588. The highest BCUT2D eigenvalue weighted by Gasteiger charge is 2.35. The van der Waals surface area contributed by atoms with Crippen molar-refractivity contribution in [3.8, 4) is 0 Å². The van der Waals surface area contributed by atoms with Gasteiger partial charge < -0.3 is 10.2 Å². The lowest BCUT2D eigenvalue weighted by Gasteiger charge is -2.27. The average Bonchev–Trinajstić information content (AvgIpc) is 3.61. The van der Waals surface area contributed by atoms with Gasteiger partial charge in [0.25, 0.3) is 5.91 Å². The van der Waals surface area contributed by atoms with E-state index in [1.165, 1.54) is 29.6 Å². The molecule has 3 aromatic heterocycles. The van der Waals surface area contributed by atoms with Crippen LogP contribution in [-0.2, 0) is 10.3 Å². The normalized spacial score (nSPS) is 17.8. The van der Waals surface area contributed by atoms with Crippen molar-refractivity contribution in [1.29, 1.82) is 0 Å². The van der Waals surface area contributed by atoms with Crippen LogP contribution in [0.25, 0.3) is 5.65 Å². The summed E-state index contributed by atoms with van der Waals surface area (Å²) in [6, 6.07) is 4.97. The molecular weight excluding hydrogens is 442 g/mol. The van der Waals surface area contributed by atoms with Crippen LogP contribution in [0.5, 0.6) is 0 Å². The summed E-state index contributed by atoms with van der Waals surface area (Å²) >= 11 is 0. The number of rotatable bonds is 6. The van der Waals surface area contributed by atoms with Crippen molar-refractivity contribution < 1.29 is 13.6 Å². The molecule has 2 atom stereocenters. The lowest BCUT2D eigenvalue weighted by Crippen LogP contribution is -2.43. The maximum atomic E-state index is 14.5. The van der Waals surface area contributed by atoms with Crippen LogP contribution >= 0.6 is 0 Å². The molecule has 4 aromatic rings. The van der Waals surface area contributed by atoms with Gasteiger partial charge in [0.2, 0.25) is 0 Å². The van der Waals surface area contributed by atoms with E-state index in [0.29, 0.717) is 42.1 Å². The van der Waals surface area contributed by atoms with Crippen LogP contribution in [0, 0.1) is 11.6 Å². The number of amides is 1. The number of aromatic nitrogens is 6. The molecule has 0 saturated carbocycles. The molecule has 4 heterocycles. The van der Waals surface area contributed by atoms with Gasteiger partial charge in [-0.3, -0.25) is 4.79 Å². The van der Waals surface area contributed by atoms with E-state index in [-0.39, 0.29) is 11.9 Å². The second kappa shape index (κ2) is 8.47. The lowest BCUT2D eigenvalue weighted by molar-refractivity contribution is -0.124. The molecule has 176 valence electrons. The molecule has 1 aromatic carbocycles. The number of carbonyl (C=O) groups is 1. The van der Waals surface area contributed by atoms with Crippen LogP contribution in [0.2, 0.25) is 0 Å². The van der Waals surface area contributed by atoms with Gasteiger partial charge in [0, 0.05) is 18.3 Å². The first-order chi connectivity index (χ1) is 16.4. The van der Waals surface area contributed by atoms with Crippen molar-refractivity contribution in [2.45, 2.75) is 44.7 Å². The molecule has 9 nitrogen and oxygen atoms in total. The summed E-state index contributed by atoms with van der Waals surface area (Å²) < 4.78 is 31.4. The van der Waals surface area contributed by atoms with Crippen molar-refractivity contribution in [3.63, 3.8) is 0 Å². The maximum absolute atomic E-state index is 14.5. The highest BCUT2D eigenvalue weighted by molar-refractivity contribution is 5.98. The first-order valence-corrected chi connectivity index (χ1v) is 11.1. The summed E-state index contributed by atoms with van der Waals surface area (Å²) in [5, 5.41) is 11.3. The van der Waals surface area contributed by atoms with E-state index >= 15 is 0 Å². The monoisotopic (exact) mass is 466 g/mol. The zero-order valence-electron chi connectivity index (χ0n) is 18.8. The minimum absolute atomic E-state index is 0.275. The van der Waals surface area contributed by atoms with E-state index in [2.05, 4.69) is 20.5 Å². The van der Waals surface area contributed by atoms with E-state index in [4.69, 9.17) is 4.98 Å². The molecule has 0 radical (unpaired) electrons. The van der Waals surface area contributed by atoms with Gasteiger partial charge in [0.15, 0.2) is 5.65 Å². The summed E-state index contributed by atoms with van der Waals surface area (Å²) in [6.45, 7) is 4.33. The highest BCUT2D eigenvalue weighted by atomic mass is 19.1. The van der Waals surface area contributed by atoms with Crippen molar-refractivity contribution in [2.75, 3.05) is 16.8 Å². The second-order valence-electron chi connectivity index (χ2n) is 8.55. The zero-order valence-corrected chi connectivity index (χ0v) is 18.8. The third-order valence-corrected chi connectivity index (χ3v) is 6.57. The Bertz CT molecular complexity index is 1340. The topological polar surface area (TPSA) is 93.2 Å². The number of hydrogen-bond donors (Lipinski definition) is 1. The Morgan fingerprint density at radius 3 is 2.88 bits per heavy atom.